The van der Waals surface area contributed by atoms with Crippen molar-refractivity contribution in [1.82, 2.24) is 19.8 Å². The van der Waals surface area contributed by atoms with Crippen molar-refractivity contribution in [2.75, 3.05) is 6.54 Å². The molecular weight excluding hydrogens is 404 g/mol. The van der Waals surface area contributed by atoms with Gasteiger partial charge in [0.1, 0.15) is 10.5 Å². The smallest absolute Gasteiger partial charge is 0.410 e. The second-order valence-corrected chi connectivity index (χ2v) is 10.4. The Bertz CT molecular complexity index is 777. The first-order valence-corrected chi connectivity index (χ1v) is 11.6. The molecule has 168 valence electrons. The van der Waals surface area contributed by atoms with Crippen molar-refractivity contribution in [2.24, 2.45) is 5.41 Å². The molecule has 1 saturated carbocycles. The summed E-state index contributed by atoms with van der Waals surface area (Å²) in [5.41, 5.74) is -0.346. The number of rotatable bonds is 4. The van der Waals surface area contributed by atoms with Crippen molar-refractivity contribution < 1.29 is 19.4 Å². The molecule has 2 heterocycles. The number of likely N-dealkylation sites (tertiary alicyclic amines) is 1. The lowest BCUT2D eigenvalue weighted by Crippen LogP contribution is -2.50. The minimum atomic E-state index is -0.614. The van der Waals surface area contributed by atoms with Crippen molar-refractivity contribution in [2.45, 2.75) is 96.9 Å². The van der Waals surface area contributed by atoms with Gasteiger partial charge >= 0.3 is 6.09 Å². The number of aliphatic hydroxyl groups is 1. The summed E-state index contributed by atoms with van der Waals surface area (Å²) < 4.78 is 9.59. The van der Waals surface area contributed by atoms with Crippen molar-refractivity contribution in [1.29, 1.82) is 0 Å². The van der Waals surface area contributed by atoms with E-state index in [1.165, 1.54) is 0 Å². The van der Waals surface area contributed by atoms with Gasteiger partial charge in [0, 0.05) is 18.0 Å². The average Bonchev–Trinajstić information content (AvgIpc) is 3.21. The lowest BCUT2D eigenvalue weighted by Gasteiger charge is -2.37. The number of carbonyl (C=O) groups excluding carboxylic acids is 2. The number of hydrogen-bond donors (Lipinski definition) is 2. The molecule has 2 N–H and O–H groups in total. The first-order valence-electron chi connectivity index (χ1n) is 10.9. The lowest BCUT2D eigenvalue weighted by atomic mass is 9.75. The topological polar surface area (TPSA) is 105 Å². The number of nitrogens with zero attached hydrogens (tertiary/aromatic N) is 3. The molecule has 0 unspecified atom stereocenters. The Balaban J connectivity index is 1.81. The Hall–Kier alpha value is -1.74. The largest absolute Gasteiger partial charge is 0.444 e. The predicted molar refractivity (Wildman–Crippen MR) is 114 cm³/mol. The van der Waals surface area contributed by atoms with Crippen LogP contribution in [-0.2, 0) is 11.2 Å². The molecule has 8 nitrogen and oxygen atoms in total. The highest BCUT2D eigenvalue weighted by molar-refractivity contribution is 7.08. The van der Waals surface area contributed by atoms with Gasteiger partial charge in [0.15, 0.2) is 0 Å². The van der Waals surface area contributed by atoms with Gasteiger partial charge in [0.2, 0.25) is 0 Å². The van der Waals surface area contributed by atoms with E-state index in [0.29, 0.717) is 30.0 Å². The van der Waals surface area contributed by atoms with E-state index in [1.54, 1.807) is 4.90 Å². The third-order valence-electron chi connectivity index (χ3n) is 6.33. The maximum Gasteiger partial charge on any atom is 0.410 e. The Kier molecular flexibility index (Phi) is 6.72. The first kappa shape index (κ1) is 22.9. The maximum atomic E-state index is 13.2. The second-order valence-electron chi connectivity index (χ2n) is 9.68. The van der Waals surface area contributed by atoms with Crippen LogP contribution in [-0.4, -0.2) is 61.9 Å². The number of ether oxygens (including phenoxy) is 1. The fourth-order valence-electron chi connectivity index (χ4n) is 4.81. The summed E-state index contributed by atoms with van der Waals surface area (Å²) >= 11 is 1.08. The molecule has 1 saturated heterocycles. The summed E-state index contributed by atoms with van der Waals surface area (Å²) in [4.78, 5) is 28.1. The van der Waals surface area contributed by atoms with E-state index in [0.717, 1.165) is 37.2 Å². The van der Waals surface area contributed by atoms with Gasteiger partial charge in [0.05, 0.1) is 17.8 Å². The zero-order valence-corrected chi connectivity index (χ0v) is 19.4. The van der Waals surface area contributed by atoms with Crippen LogP contribution in [0.4, 0.5) is 4.79 Å². The summed E-state index contributed by atoms with van der Waals surface area (Å²) in [7, 11) is 0. The van der Waals surface area contributed by atoms with Crippen LogP contribution in [0.3, 0.4) is 0 Å². The molecule has 2 fully saturated rings. The van der Waals surface area contributed by atoms with E-state index in [-0.39, 0.29) is 24.1 Å². The number of amides is 2. The van der Waals surface area contributed by atoms with Crippen molar-refractivity contribution in [3.63, 3.8) is 0 Å². The van der Waals surface area contributed by atoms with Gasteiger partial charge in [-0.25, -0.2) is 4.79 Å². The summed E-state index contributed by atoms with van der Waals surface area (Å²) in [5, 5.41) is 17.9. The quantitative estimate of drug-likeness (QED) is 0.748. The van der Waals surface area contributed by atoms with Gasteiger partial charge in [-0.15, -0.1) is 5.10 Å². The van der Waals surface area contributed by atoms with Crippen LogP contribution in [0.1, 0.15) is 82.1 Å². The summed E-state index contributed by atoms with van der Waals surface area (Å²) in [5.74, 6) is -0.219. The Morgan fingerprint density at radius 3 is 2.70 bits per heavy atom. The minimum absolute atomic E-state index is 0.108. The highest BCUT2D eigenvalue weighted by Gasteiger charge is 2.55. The predicted octanol–water partition coefficient (Wildman–Crippen LogP) is 3.15. The number of carbonyl (C=O) groups is 2. The SMILES string of the molecule is CCc1nnsc1C(=O)NC[C@H]1C[C@@]2(C)[C@@H](O)CCCC[C@H]2N1C(=O)OC(C)(C)C. The third-order valence-corrected chi connectivity index (χ3v) is 7.10. The fourth-order valence-corrected chi connectivity index (χ4v) is 5.48. The maximum absolute atomic E-state index is 13.2. The summed E-state index contributed by atoms with van der Waals surface area (Å²) in [6, 6.07) is -0.347. The molecule has 9 heteroatoms. The van der Waals surface area contributed by atoms with Crippen LogP contribution in [0, 0.1) is 5.41 Å². The van der Waals surface area contributed by atoms with Crippen LogP contribution < -0.4 is 5.32 Å². The Morgan fingerprint density at radius 1 is 1.33 bits per heavy atom. The molecule has 4 atom stereocenters. The van der Waals surface area contributed by atoms with Gasteiger partial charge in [-0.3, -0.25) is 9.69 Å². The first-order chi connectivity index (χ1) is 14.1. The molecular formula is C21H34N4O4S. The van der Waals surface area contributed by atoms with Crippen LogP contribution >= 0.6 is 11.5 Å². The number of nitrogens with one attached hydrogen (secondary N) is 1. The highest BCUT2D eigenvalue weighted by atomic mass is 32.1. The normalized spacial score (nSPS) is 29.3. The molecule has 1 aliphatic carbocycles. The number of aliphatic hydroxyl groups excluding tert-OH is 1. The van der Waals surface area contributed by atoms with Gasteiger partial charge in [-0.2, -0.15) is 0 Å². The van der Waals surface area contributed by atoms with Gasteiger partial charge in [0.25, 0.3) is 5.91 Å². The monoisotopic (exact) mass is 438 g/mol. The molecule has 30 heavy (non-hydrogen) atoms. The Morgan fingerprint density at radius 2 is 2.03 bits per heavy atom. The summed E-state index contributed by atoms with van der Waals surface area (Å²) in [6.07, 6.45) is 3.89. The fraction of sp³-hybridized carbons (Fsp3) is 0.810. The average molecular weight is 439 g/mol. The van der Waals surface area contributed by atoms with Gasteiger partial charge in [-0.05, 0) is 58.0 Å². The molecule has 2 amide bonds. The van der Waals surface area contributed by atoms with Crippen LogP contribution in [0.25, 0.3) is 0 Å². The zero-order chi connectivity index (χ0) is 22.1. The molecule has 1 aromatic rings. The molecule has 0 spiro atoms. The molecule has 0 bridgehead atoms. The van der Waals surface area contributed by atoms with Gasteiger partial charge in [-0.1, -0.05) is 31.2 Å². The second kappa shape index (κ2) is 8.78. The van der Waals surface area contributed by atoms with E-state index < -0.39 is 17.1 Å². The van der Waals surface area contributed by atoms with Crippen LogP contribution in [0.5, 0.6) is 0 Å². The van der Waals surface area contributed by atoms with Crippen molar-refractivity contribution in [3.8, 4) is 0 Å². The molecule has 1 aromatic heterocycles. The third kappa shape index (κ3) is 4.61. The van der Waals surface area contributed by atoms with E-state index in [9.17, 15) is 14.7 Å². The zero-order valence-electron chi connectivity index (χ0n) is 18.6. The highest BCUT2D eigenvalue weighted by Crippen LogP contribution is 2.48. The minimum Gasteiger partial charge on any atom is -0.444 e. The molecule has 0 aromatic carbocycles. The lowest BCUT2D eigenvalue weighted by molar-refractivity contribution is -0.00901. The molecule has 2 aliphatic rings. The van der Waals surface area contributed by atoms with E-state index in [4.69, 9.17) is 4.74 Å². The van der Waals surface area contributed by atoms with Crippen LogP contribution in [0.2, 0.25) is 0 Å². The molecule has 3 rings (SSSR count). The Labute approximate surface area is 182 Å². The van der Waals surface area contributed by atoms with E-state index in [2.05, 4.69) is 21.8 Å². The number of aromatic nitrogens is 2. The number of aryl methyl sites for hydroxylation is 1. The summed E-state index contributed by atoms with van der Waals surface area (Å²) in [6.45, 7) is 9.85. The standard InChI is InChI=1S/C21H34N4O4S/c1-6-14-17(30-24-23-14)18(27)22-12-13-11-21(5)15(9-7-8-10-16(21)26)25(13)19(28)29-20(2,3)4/h13,15-16,26H,6-12H2,1-5H3,(H,22,27)/t13-,15-,16+,21-/m1/s1. The van der Waals surface area contributed by atoms with Crippen molar-refractivity contribution in [3.05, 3.63) is 10.6 Å². The number of fused-ring (bicyclic) bond motifs is 1. The van der Waals surface area contributed by atoms with Crippen molar-refractivity contribution >= 4 is 23.5 Å². The molecule has 1 aliphatic heterocycles. The molecule has 0 radical (unpaired) electrons. The van der Waals surface area contributed by atoms with E-state index in [1.807, 2.05) is 27.7 Å². The van der Waals surface area contributed by atoms with Crippen LogP contribution in [0.15, 0.2) is 0 Å². The number of hydrogen-bond acceptors (Lipinski definition) is 7. The van der Waals surface area contributed by atoms with Gasteiger partial charge < -0.3 is 15.2 Å². The van der Waals surface area contributed by atoms with E-state index >= 15 is 0 Å².